The first-order chi connectivity index (χ1) is 20.1. The summed E-state index contributed by atoms with van der Waals surface area (Å²) in [5, 5.41) is 25.5. The number of hydrogen-bond acceptors (Lipinski definition) is 13. The van der Waals surface area contributed by atoms with Gasteiger partial charge in [-0.1, -0.05) is 48.3 Å². The Morgan fingerprint density at radius 3 is 2.65 bits per heavy atom. The molecule has 0 radical (unpaired) electrons. The van der Waals surface area contributed by atoms with Gasteiger partial charge in [0.2, 0.25) is 11.5 Å². The van der Waals surface area contributed by atoms with Crippen LogP contribution in [0.4, 0.5) is 11.8 Å². The lowest BCUT2D eigenvalue weighted by molar-refractivity contribution is -0.120. The Morgan fingerprint density at radius 1 is 1.30 bits per heavy atom. The number of nitrogen functional groups attached to an aromatic ring is 2. The summed E-state index contributed by atoms with van der Waals surface area (Å²) in [7, 11) is -4.15. The van der Waals surface area contributed by atoms with Crippen LogP contribution in [0.3, 0.4) is 0 Å². The van der Waals surface area contributed by atoms with E-state index in [0.29, 0.717) is 12.0 Å². The minimum Gasteiger partial charge on any atom is -0.424 e. The second kappa shape index (κ2) is 12.4. The highest BCUT2D eigenvalue weighted by Gasteiger charge is 2.68. The summed E-state index contributed by atoms with van der Waals surface area (Å²) in [6, 6.07) is 8.58. The first kappa shape index (κ1) is 32.6. The van der Waals surface area contributed by atoms with Crippen LogP contribution in [-0.4, -0.2) is 65.6 Å². The molecule has 0 amide bonds. The van der Waals surface area contributed by atoms with Gasteiger partial charge in [-0.25, -0.2) is 14.1 Å². The molecule has 5 N–H and O–H groups in total. The molecule has 3 aromatic rings. The summed E-state index contributed by atoms with van der Waals surface area (Å²) in [5.74, 6) is -1.16. The smallest absolute Gasteiger partial charge is 0.380 e. The number of aliphatic hydroxyl groups is 1. The zero-order chi connectivity index (χ0) is 31.7. The van der Waals surface area contributed by atoms with Crippen LogP contribution in [-0.2, 0) is 35.4 Å². The lowest BCUT2D eigenvalue weighted by Gasteiger charge is -2.29. The van der Waals surface area contributed by atoms with E-state index < -0.39 is 42.3 Å². The number of aryl methyl sites for hydroxylation is 1. The van der Waals surface area contributed by atoms with Crippen LogP contribution in [0.1, 0.15) is 38.4 Å². The van der Waals surface area contributed by atoms with Crippen molar-refractivity contribution < 1.29 is 33.0 Å². The molecule has 230 valence electrons. The molecule has 1 aliphatic rings. The Hall–Kier alpha value is -3.31. The number of fused-ring (bicyclic) bond motifs is 1. The van der Waals surface area contributed by atoms with E-state index >= 15 is 0 Å². The third-order valence-corrected chi connectivity index (χ3v) is 10.0. The molecule has 1 fully saturated rings. The van der Waals surface area contributed by atoms with Gasteiger partial charge in [-0.2, -0.15) is 10.2 Å². The maximum Gasteiger partial charge on any atom is 0.380 e. The maximum absolute atomic E-state index is 14.1. The van der Waals surface area contributed by atoms with Gasteiger partial charge in [-0.3, -0.25) is 9.32 Å². The van der Waals surface area contributed by atoms with Crippen LogP contribution in [0, 0.1) is 17.2 Å². The summed E-state index contributed by atoms with van der Waals surface area (Å²) in [5.41, 5.74) is 9.84. The zero-order valence-corrected chi connectivity index (χ0v) is 25.8. The van der Waals surface area contributed by atoms with Gasteiger partial charge in [-0.15, -0.1) is 5.10 Å². The molecule has 1 unspecified atom stereocenters. The molecular weight excluding hydrogens is 624 g/mol. The first-order valence-corrected chi connectivity index (χ1v) is 15.6. The van der Waals surface area contributed by atoms with Gasteiger partial charge in [0.05, 0.1) is 19.0 Å². The fourth-order valence-electron chi connectivity index (χ4n) is 4.51. The topological polar surface area (TPSA) is 218 Å². The molecule has 14 nitrogen and oxygen atoms in total. The van der Waals surface area contributed by atoms with Gasteiger partial charge in [0.15, 0.2) is 15.8 Å². The number of ether oxygens (including phenoxy) is 1. The molecule has 4 rings (SSSR count). The largest absolute Gasteiger partial charge is 0.424 e. The molecular formula is C26H30Cl2N7O7P. The van der Waals surface area contributed by atoms with Gasteiger partial charge < -0.3 is 30.6 Å². The monoisotopic (exact) mass is 653 g/mol. The SMILES string of the molecule is CC(=O)CCc1ccccc1OP(=O)(C[C@@H](C)C(C)=O)OC[C@H]1O[C@@](C#N)(c2cnc3c(N)nc(N)nn23)C(Cl)(Cl)[C@H]1O. The number of aliphatic hydroxyl groups excluding tert-OH is 1. The van der Waals surface area contributed by atoms with Crippen LogP contribution < -0.4 is 16.0 Å². The van der Waals surface area contributed by atoms with Crippen molar-refractivity contribution in [2.24, 2.45) is 5.92 Å². The first-order valence-electron chi connectivity index (χ1n) is 13.1. The molecule has 0 bridgehead atoms. The molecule has 0 spiro atoms. The number of alkyl halides is 2. The number of carbonyl (C=O) groups is 2. The van der Waals surface area contributed by atoms with Crippen molar-refractivity contribution in [2.45, 2.75) is 55.8 Å². The lowest BCUT2D eigenvalue weighted by atomic mass is 9.95. The van der Waals surface area contributed by atoms with E-state index in [1.54, 1.807) is 31.2 Å². The van der Waals surface area contributed by atoms with Crippen molar-refractivity contribution in [3.63, 3.8) is 0 Å². The predicted octanol–water partition coefficient (Wildman–Crippen LogP) is 2.98. The predicted molar refractivity (Wildman–Crippen MR) is 157 cm³/mol. The van der Waals surface area contributed by atoms with E-state index in [2.05, 4.69) is 15.1 Å². The number of nitrogens with zero attached hydrogens (tertiary/aromatic N) is 5. The quantitative estimate of drug-likeness (QED) is 0.189. The molecule has 1 saturated heterocycles. The second-order valence-corrected chi connectivity index (χ2v) is 13.7. The molecule has 17 heteroatoms. The Kier molecular flexibility index (Phi) is 9.37. The average molecular weight is 654 g/mol. The summed E-state index contributed by atoms with van der Waals surface area (Å²) >= 11 is 13.2. The van der Waals surface area contributed by atoms with Crippen molar-refractivity contribution >= 4 is 59.8 Å². The van der Waals surface area contributed by atoms with E-state index in [4.69, 9.17) is 48.5 Å². The van der Waals surface area contributed by atoms with E-state index in [-0.39, 0.29) is 53.0 Å². The molecule has 1 aromatic carbocycles. The molecule has 3 heterocycles. The zero-order valence-electron chi connectivity index (χ0n) is 23.4. The molecule has 0 saturated carbocycles. The number of nitriles is 1. The summed E-state index contributed by atoms with van der Waals surface area (Å²) in [6.45, 7) is 3.75. The van der Waals surface area contributed by atoms with E-state index in [1.807, 2.05) is 6.07 Å². The molecule has 43 heavy (non-hydrogen) atoms. The number of para-hydroxylation sites is 1. The minimum absolute atomic E-state index is 0.0281. The van der Waals surface area contributed by atoms with Crippen molar-refractivity contribution in [2.75, 3.05) is 24.2 Å². The number of ketones is 2. The third-order valence-electron chi connectivity index (χ3n) is 7.03. The van der Waals surface area contributed by atoms with Gasteiger partial charge in [0.25, 0.3) is 0 Å². The van der Waals surface area contributed by atoms with Crippen molar-refractivity contribution in [1.29, 1.82) is 5.26 Å². The summed E-state index contributed by atoms with van der Waals surface area (Å²) < 4.78 is 30.5. The number of nitrogens with two attached hydrogens (primary N) is 2. The molecule has 0 aliphatic carbocycles. The highest BCUT2D eigenvalue weighted by Crippen LogP contribution is 2.56. The number of anilines is 2. The Labute approximate surface area is 256 Å². The number of benzene rings is 1. The normalized spacial score (nSPS) is 23.4. The summed E-state index contributed by atoms with van der Waals surface area (Å²) in [6.07, 6.45) is -1.77. The standard InChI is InChI=1S/C26H30Cl2N7O7P/c1-14(16(3)37)12-43(39,42-18-7-5-4-6-17(18)9-8-15(2)36)40-11-19-21(38)26(27,28)25(13-29,41-19)20-10-32-23-22(30)33-24(31)34-35(20)23/h4-7,10,14,19,21,38H,8-9,11-12H2,1-3H3,(H4,30,31,33,34)/t14-,19-,21+,25+,43?/m1/s1. The van der Waals surface area contributed by atoms with Gasteiger partial charge >= 0.3 is 7.60 Å². The fraction of sp³-hybridized carbons (Fsp3) is 0.462. The van der Waals surface area contributed by atoms with Gasteiger partial charge in [0, 0.05) is 12.3 Å². The lowest BCUT2D eigenvalue weighted by Crippen LogP contribution is -2.45. The fourth-order valence-corrected chi connectivity index (χ4v) is 7.17. The van der Waals surface area contributed by atoms with Gasteiger partial charge in [-0.05, 0) is 31.9 Å². The van der Waals surface area contributed by atoms with Crippen molar-refractivity contribution in [1.82, 2.24) is 19.6 Å². The Bertz CT molecular complexity index is 1650. The van der Waals surface area contributed by atoms with Crippen LogP contribution in [0.2, 0.25) is 0 Å². The number of carbonyl (C=O) groups excluding carboxylic acids is 2. The molecule has 1 aliphatic heterocycles. The highest BCUT2D eigenvalue weighted by atomic mass is 35.5. The third kappa shape index (κ3) is 6.33. The molecule has 5 atom stereocenters. The number of Topliss-reactive ketones (excluding diaryl/α,β-unsaturated/α-hetero) is 2. The average Bonchev–Trinajstić information content (AvgIpc) is 3.44. The van der Waals surface area contributed by atoms with E-state index in [0.717, 1.165) is 4.52 Å². The van der Waals surface area contributed by atoms with E-state index in [9.17, 15) is 24.5 Å². The number of halogens is 2. The van der Waals surface area contributed by atoms with Gasteiger partial charge in [0.1, 0.15) is 41.3 Å². The Balaban J connectivity index is 1.66. The van der Waals surface area contributed by atoms with Crippen LogP contribution in [0.25, 0.3) is 5.65 Å². The second-order valence-electron chi connectivity index (χ2n) is 10.3. The number of rotatable bonds is 12. The van der Waals surface area contributed by atoms with Crippen LogP contribution in [0.5, 0.6) is 5.75 Å². The van der Waals surface area contributed by atoms with Crippen LogP contribution in [0.15, 0.2) is 30.5 Å². The van der Waals surface area contributed by atoms with Crippen LogP contribution >= 0.6 is 30.8 Å². The number of hydrogen-bond donors (Lipinski definition) is 3. The summed E-state index contributed by atoms with van der Waals surface area (Å²) in [4.78, 5) is 31.6. The van der Waals surface area contributed by atoms with E-state index in [1.165, 1.54) is 20.0 Å². The minimum atomic E-state index is -4.15. The maximum atomic E-state index is 14.1. The number of imidazole rings is 1. The van der Waals surface area contributed by atoms with Crippen molar-refractivity contribution in [3.05, 3.63) is 41.7 Å². The number of aromatic nitrogens is 4. The Morgan fingerprint density at radius 2 is 2.00 bits per heavy atom. The van der Waals surface area contributed by atoms with Crippen molar-refractivity contribution in [3.8, 4) is 11.8 Å². The molecule has 2 aromatic heterocycles. The highest BCUT2D eigenvalue weighted by molar-refractivity contribution is 7.54.